The zero-order valence-corrected chi connectivity index (χ0v) is 13.4. The second-order valence-electron chi connectivity index (χ2n) is 5.21. The monoisotopic (exact) mass is 307 g/mol. The lowest BCUT2D eigenvalue weighted by Gasteiger charge is -2.07. The molecule has 3 aromatic rings. The highest BCUT2D eigenvalue weighted by atomic mass is 32.1. The molecule has 2 aromatic carbocycles. The van der Waals surface area contributed by atoms with Crippen LogP contribution in [0.25, 0.3) is 5.69 Å². The Bertz CT molecular complexity index is 761. The smallest absolute Gasteiger partial charge is 0.249 e. The summed E-state index contributed by atoms with van der Waals surface area (Å²) in [4.78, 5) is 0. The maximum Gasteiger partial charge on any atom is 0.249 e. The molecule has 0 fully saturated rings. The third-order valence-electron chi connectivity index (χ3n) is 3.44. The molecular formula is C19H19N2S+. The largest absolute Gasteiger partial charge is 0.359 e. The molecule has 110 valence electrons. The van der Waals surface area contributed by atoms with Crippen molar-refractivity contribution < 1.29 is 4.57 Å². The first-order valence-corrected chi connectivity index (χ1v) is 8.16. The van der Waals surface area contributed by atoms with E-state index in [0.717, 1.165) is 17.8 Å². The van der Waals surface area contributed by atoms with Crippen molar-refractivity contribution in [2.75, 3.05) is 5.32 Å². The van der Waals surface area contributed by atoms with Gasteiger partial charge in [0.25, 0.3) is 0 Å². The van der Waals surface area contributed by atoms with E-state index in [4.69, 9.17) is 0 Å². The highest BCUT2D eigenvalue weighted by Crippen LogP contribution is 2.16. The van der Waals surface area contributed by atoms with Gasteiger partial charge in [0, 0.05) is 30.4 Å². The Kier molecular flexibility index (Phi) is 4.35. The maximum atomic E-state index is 4.17. The van der Waals surface area contributed by atoms with Crippen molar-refractivity contribution in [2.24, 2.45) is 0 Å². The number of benzene rings is 2. The van der Waals surface area contributed by atoms with Crippen LogP contribution in [-0.4, -0.2) is 0 Å². The number of hydrogen-bond acceptors (Lipinski definition) is 2. The fourth-order valence-corrected chi connectivity index (χ4v) is 3.48. The van der Waals surface area contributed by atoms with Crippen molar-refractivity contribution in [3.05, 3.63) is 89.0 Å². The molecule has 3 rings (SSSR count). The molecule has 0 bridgehead atoms. The lowest BCUT2D eigenvalue weighted by molar-refractivity contribution is -0.604. The average Bonchev–Trinajstić information content (AvgIpc) is 2.89. The number of rotatable bonds is 5. The molecule has 0 spiro atoms. The van der Waals surface area contributed by atoms with Crippen LogP contribution in [0.1, 0.15) is 10.7 Å². The highest BCUT2D eigenvalue weighted by molar-refractivity contribution is 7.09. The van der Waals surface area contributed by atoms with E-state index in [1.165, 1.54) is 16.4 Å². The summed E-state index contributed by atoms with van der Waals surface area (Å²) in [5, 5.41) is 6.84. The molecule has 0 amide bonds. The van der Waals surface area contributed by atoms with Gasteiger partial charge in [-0.15, -0.1) is 0 Å². The maximum absolute atomic E-state index is 4.17. The molecule has 0 aliphatic heterocycles. The number of allylic oxidation sites excluding steroid dienone is 1. The van der Waals surface area contributed by atoms with Gasteiger partial charge in [-0.2, -0.15) is 4.57 Å². The van der Waals surface area contributed by atoms with Gasteiger partial charge in [0.1, 0.15) is 0 Å². The van der Waals surface area contributed by atoms with E-state index < -0.39 is 0 Å². The minimum Gasteiger partial charge on any atom is -0.359 e. The van der Waals surface area contributed by atoms with Gasteiger partial charge >= 0.3 is 0 Å². The molecular weight excluding hydrogens is 288 g/mol. The second kappa shape index (κ2) is 6.58. The van der Waals surface area contributed by atoms with Crippen LogP contribution in [0, 0.1) is 6.92 Å². The summed E-state index contributed by atoms with van der Waals surface area (Å²) in [6, 6.07) is 20.6. The van der Waals surface area contributed by atoms with E-state index in [-0.39, 0.29) is 0 Å². The molecule has 0 unspecified atom stereocenters. The Hall–Kier alpha value is -2.39. The normalized spacial score (nSPS) is 10.4. The summed E-state index contributed by atoms with van der Waals surface area (Å²) < 4.78 is 2.29. The van der Waals surface area contributed by atoms with E-state index in [2.05, 4.69) is 65.2 Å². The van der Waals surface area contributed by atoms with Crippen LogP contribution in [0.4, 0.5) is 5.69 Å². The Morgan fingerprint density at radius 1 is 1.05 bits per heavy atom. The first-order chi connectivity index (χ1) is 10.7. The van der Waals surface area contributed by atoms with Gasteiger partial charge in [0.15, 0.2) is 5.69 Å². The quantitative estimate of drug-likeness (QED) is 0.686. The van der Waals surface area contributed by atoms with Crippen LogP contribution < -0.4 is 9.88 Å². The molecule has 2 nitrogen and oxygen atoms in total. The zero-order valence-electron chi connectivity index (χ0n) is 12.6. The number of hydrogen-bond donors (Lipinski definition) is 1. The molecule has 0 aliphatic rings. The predicted octanol–water partition coefficient (Wildman–Crippen LogP) is 4.50. The fraction of sp³-hybridized carbons (Fsp3) is 0.105. The molecule has 0 saturated heterocycles. The van der Waals surface area contributed by atoms with Gasteiger partial charge < -0.3 is 5.32 Å². The molecule has 1 aromatic heterocycles. The molecule has 0 atom stereocenters. The molecule has 0 aliphatic carbocycles. The summed E-state index contributed by atoms with van der Waals surface area (Å²) in [6.07, 6.45) is 0.808. The highest BCUT2D eigenvalue weighted by Gasteiger charge is 2.20. The molecule has 3 heteroatoms. The van der Waals surface area contributed by atoms with Crippen molar-refractivity contribution >= 4 is 17.0 Å². The third-order valence-corrected chi connectivity index (χ3v) is 4.50. The van der Waals surface area contributed by atoms with Crippen LogP contribution in [0.3, 0.4) is 0 Å². The first kappa shape index (κ1) is 14.5. The summed E-state index contributed by atoms with van der Waals surface area (Å²) >= 11 is 1.77. The minimum atomic E-state index is 0.808. The Balaban J connectivity index is 1.80. The van der Waals surface area contributed by atoms with Gasteiger partial charge in [-0.3, -0.25) is 0 Å². The SMILES string of the molecule is C=C(Cc1scc(C)[n+]1-c1ccccc1)Nc1ccccc1. The number of nitrogens with zero attached hydrogens (tertiary/aromatic N) is 1. The van der Waals surface area contributed by atoms with Crippen molar-refractivity contribution in [3.8, 4) is 5.69 Å². The number of aromatic nitrogens is 1. The van der Waals surface area contributed by atoms with E-state index in [0.29, 0.717) is 0 Å². The Morgan fingerprint density at radius 3 is 2.36 bits per heavy atom. The van der Waals surface area contributed by atoms with Gasteiger partial charge in [-0.25, -0.2) is 0 Å². The van der Waals surface area contributed by atoms with Gasteiger partial charge in [-0.05, 0) is 12.1 Å². The number of nitrogens with one attached hydrogen (secondary N) is 1. The first-order valence-electron chi connectivity index (χ1n) is 7.28. The number of para-hydroxylation sites is 2. The molecule has 0 saturated carbocycles. The zero-order chi connectivity index (χ0) is 15.4. The van der Waals surface area contributed by atoms with Crippen molar-refractivity contribution in [3.63, 3.8) is 0 Å². The van der Waals surface area contributed by atoms with Crippen LogP contribution >= 0.6 is 11.3 Å². The van der Waals surface area contributed by atoms with Crippen LogP contribution in [0.5, 0.6) is 0 Å². The molecule has 22 heavy (non-hydrogen) atoms. The van der Waals surface area contributed by atoms with E-state index in [1.807, 2.05) is 24.3 Å². The predicted molar refractivity (Wildman–Crippen MR) is 93.5 cm³/mol. The number of aryl methyl sites for hydroxylation is 1. The Morgan fingerprint density at radius 2 is 1.68 bits per heavy atom. The van der Waals surface area contributed by atoms with Crippen molar-refractivity contribution in [2.45, 2.75) is 13.3 Å². The van der Waals surface area contributed by atoms with Crippen LogP contribution in [0.2, 0.25) is 0 Å². The summed E-state index contributed by atoms with van der Waals surface area (Å²) in [7, 11) is 0. The number of thiazole rings is 1. The van der Waals surface area contributed by atoms with E-state index in [9.17, 15) is 0 Å². The van der Waals surface area contributed by atoms with E-state index in [1.54, 1.807) is 11.3 Å². The summed E-state index contributed by atoms with van der Waals surface area (Å²) in [5.74, 6) is 0. The average molecular weight is 307 g/mol. The van der Waals surface area contributed by atoms with Gasteiger partial charge in [0.05, 0.1) is 11.8 Å². The second-order valence-corrected chi connectivity index (χ2v) is 6.16. The van der Waals surface area contributed by atoms with Crippen LogP contribution in [-0.2, 0) is 6.42 Å². The topological polar surface area (TPSA) is 15.9 Å². The third kappa shape index (κ3) is 3.26. The molecule has 1 N–H and O–H groups in total. The lowest BCUT2D eigenvalue weighted by atomic mass is 10.2. The molecule has 0 radical (unpaired) electrons. The molecule has 1 heterocycles. The fourth-order valence-electron chi connectivity index (χ4n) is 2.45. The van der Waals surface area contributed by atoms with Crippen molar-refractivity contribution in [1.82, 2.24) is 0 Å². The Labute approximate surface area is 135 Å². The van der Waals surface area contributed by atoms with E-state index >= 15 is 0 Å². The number of anilines is 1. The van der Waals surface area contributed by atoms with Crippen LogP contribution in [0.15, 0.2) is 78.3 Å². The van der Waals surface area contributed by atoms with Crippen molar-refractivity contribution in [1.29, 1.82) is 0 Å². The lowest BCUT2D eigenvalue weighted by Crippen LogP contribution is -2.36. The summed E-state index contributed by atoms with van der Waals surface area (Å²) in [5.41, 5.74) is 4.52. The summed E-state index contributed by atoms with van der Waals surface area (Å²) in [6.45, 7) is 6.31. The standard InChI is InChI=1S/C19H19N2S/c1-15(20-17-9-5-3-6-10-17)13-19-21(16(2)14-22-19)18-11-7-4-8-12-18/h3-12,14,20H,1,13H2,2H3/q+1. The van der Waals surface area contributed by atoms with Gasteiger partial charge in [-0.1, -0.05) is 54.3 Å². The van der Waals surface area contributed by atoms with Gasteiger partial charge in [0.2, 0.25) is 10.7 Å². The minimum absolute atomic E-state index is 0.808.